The zero-order valence-corrected chi connectivity index (χ0v) is 10.2. The van der Waals surface area contributed by atoms with Crippen LogP contribution in [0.25, 0.3) is 0 Å². The molecule has 2 saturated carbocycles. The molecule has 1 nitrogen and oxygen atoms in total. The molecule has 3 unspecified atom stereocenters. The Morgan fingerprint density at radius 2 is 1.87 bits per heavy atom. The molecule has 4 heteroatoms. The van der Waals surface area contributed by atoms with Gasteiger partial charge in [-0.1, -0.05) is 20.8 Å². The summed E-state index contributed by atoms with van der Waals surface area (Å²) in [6.45, 7) is 6.21. The Kier molecular flexibility index (Phi) is 2.37. The predicted molar refractivity (Wildman–Crippen MR) is 57.5 cm³/mol. The Hall–Kier alpha value is 0.110. The number of alkyl halides is 3. The van der Waals surface area contributed by atoms with Gasteiger partial charge in [0.15, 0.2) is 0 Å². The fraction of sp³-hybridized carbons (Fsp3) is 1.00. The second-order valence-electron chi connectivity index (χ2n) is 5.90. The van der Waals surface area contributed by atoms with Gasteiger partial charge in [0, 0.05) is 29.8 Å². The quantitative estimate of drug-likeness (QED) is 0.744. The van der Waals surface area contributed by atoms with Gasteiger partial charge < -0.3 is 5.32 Å². The first-order valence-electron chi connectivity index (χ1n) is 5.44. The van der Waals surface area contributed by atoms with Gasteiger partial charge in [-0.15, -0.1) is 11.6 Å². The van der Waals surface area contributed by atoms with E-state index in [2.05, 4.69) is 19.2 Å². The van der Waals surface area contributed by atoms with E-state index in [0.717, 1.165) is 6.42 Å². The lowest BCUT2D eigenvalue weighted by atomic mass is 9.66. The molecule has 0 bridgehead atoms. The third-order valence-electron chi connectivity index (χ3n) is 4.26. The SMILES string of the molecule is CC1(C)C(Cl)CC1NCC1(C)CC1(F)F. The molecule has 0 radical (unpaired) electrons. The van der Waals surface area contributed by atoms with E-state index in [1.54, 1.807) is 6.92 Å². The minimum absolute atomic E-state index is 0.0183. The first-order chi connectivity index (χ1) is 6.69. The first-order valence-corrected chi connectivity index (χ1v) is 5.88. The van der Waals surface area contributed by atoms with Gasteiger partial charge in [0.2, 0.25) is 0 Å². The Balaban J connectivity index is 1.82. The van der Waals surface area contributed by atoms with Crippen LogP contribution in [0.1, 0.15) is 33.6 Å². The van der Waals surface area contributed by atoms with Gasteiger partial charge >= 0.3 is 0 Å². The van der Waals surface area contributed by atoms with Crippen molar-refractivity contribution in [1.29, 1.82) is 0 Å². The lowest BCUT2D eigenvalue weighted by Gasteiger charge is -2.49. The van der Waals surface area contributed by atoms with Crippen LogP contribution in [0.15, 0.2) is 0 Å². The average Bonchev–Trinajstić information content (AvgIpc) is 2.60. The van der Waals surface area contributed by atoms with Gasteiger partial charge in [-0.25, -0.2) is 8.78 Å². The maximum Gasteiger partial charge on any atom is 0.255 e. The molecular weight excluding hydrogens is 220 g/mol. The number of nitrogens with one attached hydrogen (secondary N) is 1. The molecule has 0 saturated heterocycles. The van der Waals surface area contributed by atoms with E-state index >= 15 is 0 Å². The zero-order valence-electron chi connectivity index (χ0n) is 9.41. The maximum absolute atomic E-state index is 13.0. The number of rotatable bonds is 3. The molecule has 2 fully saturated rings. The van der Waals surface area contributed by atoms with E-state index in [1.165, 1.54) is 0 Å². The molecule has 0 aromatic rings. The number of halogens is 3. The molecular formula is C11H18ClF2N. The van der Waals surface area contributed by atoms with Gasteiger partial charge in [0.25, 0.3) is 5.92 Å². The molecule has 2 aliphatic carbocycles. The van der Waals surface area contributed by atoms with Crippen molar-refractivity contribution in [2.24, 2.45) is 10.8 Å². The van der Waals surface area contributed by atoms with Gasteiger partial charge in [-0.05, 0) is 11.8 Å². The summed E-state index contributed by atoms with van der Waals surface area (Å²) < 4.78 is 25.9. The number of hydrogen-bond donors (Lipinski definition) is 1. The van der Waals surface area contributed by atoms with Crippen molar-refractivity contribution in [3.8, 4) is 0 Å². The zero-order chi connectivity index (χ0) is 11.5. The molecule has 3 atom stereocenters. The van der Waals surface area contributed by atoms with Crippen molar-refractivity contribution in [2.75, 3.05) is 6.54 Å². The van der Waals surface area contributed by atoms with Crippen molar-refractivity contribution >= 4 is 11.6 Å². The van der Waals surface area contributed by atoms with Crippen molar-refractivity contribution in [1.82, 2.24) is 5.32 Å². The minimum Gasteiger partial charge on any atom is -0.313 e. The molecule has 0 aromatic carbocycles. The van der Waals surface area contributed by atoms with Crippen LogP contribution in [-0.2, 0) is 0 Å². The van der Waals surface area contributed by atoms with E-state index in [4.69, 9.17) is 11.6 Å². The molecule has 0 spiro atoms. The highest BCUT2D eigenvalue weighted by atomic mass is 35.5. The summed E-state index contributed by atoms with van der Waals surface area (Å²) in [5.41, 5.74) is -0.789. The molecule has 0 heterocycles. The Morgan fingerprint density at radius 3 is 2.20 bits per heavy atom. The van der Waals surface area contributed by atoms with Gasteiger partial charge in [-0.3, -0.25) is 0 Å². The monoisotopic (exact) mass is 237 g/mol. The third-order valence-corrected chi connectivity index (χ3v) is 5.00. The maximum atomic E-state index is 13.0. The van der Waals surface area contributed by atoms with Crippen LogP contribution in [0.5, 0.6) is 0 Å². The van der Waals surface area contributed by atoms with Crippen LogP contribution < -0.4 is 5.32 Å². The second-order valence-corrected chi connectivity index (χ2v) is 6.43. The lowest BCUT2D eigenvalue weighted by Crippen LogP contribution is -2.58. The topological polar surface area (TPSA) is 12.0 Å². The minimum atomic E-state index is -2.46. The van der Waals surface area contributed by atoms with E-state index in [0.29, 0.717) is 6.54 Å². The van der Waals surface area contributed by atoms with Crippen molar-refractivity contribution < 1.29 is 8.78 Å². The summed E-state index contributed by atoms with van der Waals surface area (Å²) in [4.78, 5) is 0. The molecule has 0 aliphatic heterocycles. The summed E-state index contributed by atoms with van der Waals surface area (Å²) in [5, 5.41) is 3.40. The van der Waals surface area contributed by atoms with Gasteiger partial charge in [0.05, 0.1) is 0 Å². The first kappa shape index (κ1) is 11.6. The average molecular weight is 238 g/mol. The Bertz CT molecular complexity index is 280. The smallest absolute Gasteiger partial charge is 0.255 e. The fourth-order valence-corrected chi connectivity index (χ4v) is 2.53. The molecule has 2 aliphatic rings. The third kappa shape index (κ3) is 1.68. The largest absolute Gasteiger partial charge is 0.313 e. The molecule has 15 heavy (non-hydrogen) atoms. The standard InChI is InChI=1S/C11H18ClF2N/c1-9(2)7(12)4-8(9)15-6-10(3)5-11(10,13)14/h7-8,15H,4-6H2,1-3H3. The van der Waals surface area contributed by atoms with Gasteiger partial charge in [-0.2, -0.15) is 0 Å². The van der Waals surface area contributed by atoms with E-state index < -0.39 is 11.3 Å². The summed E-state index contributed by atoms with van der Waals surface area (Å²) >= 11 is 6.07. The van der Waals surface area contributed by atoms with E-state index in [9.17, 15) is 8.78 Å². The van der Waals surface area contributed by atoms with Crippen LogP contribution in [0.4, 0.5) is 8.78 Å². The summed E-state index contributed by atoms with van der Waals surface area (Å²) in [6.07, 6.45) is 0.903. The highest BCUT2D eigenvalue weighted by Gasteiger charge is 2.67. The van der Waals surface area contributed by atoms with Crippen molar-refractivity contribution in [3.63, 3.8) is 0 Å². The van der Waals surface area contributed by atoms with E-state index in [1.807, 2.05) is 0 Å². The van der Waals surface area contributed by atoms with Crippen LogP contribution in [0, 0.1) is 10.8 Å². The van der Waals surface area contributed by atoms with Gasteiger partial charge in [0.1, 0.15) is 0 Å². The molecule has 88 valence electrons. The molecule has 0 aromatic heterocycles. The van der Waals surface area contributed by atoms with Crippen LogP contribution >= 0.6 is 11.6 Å². The lowest BCUT2D eigenvalue weighted by molar-refractivity contribution is 0.0571. The fourth-order valence-electron chi connectivity index (χ4n) is 2.20. The van der Waals surface area contributed by atoms with Crippen molar-refractivity contribution in [3.05, 3.63) is 0 Å². The van der Waals surface area contributed by atoms with Crippen molar-refractivity contribution in [2.45, 2.75) is 51.0 Å². The van der Waals surface area contributed by atoms with Crippen LogP contribution in [-0.4, -0.2) is 23.9 Å². The normalized spacial score (nSPS) is 46.0. The summed E-state index contributed by atoms with van der Waals surface area (Å²) in [6, 6.07) is 0.285. The highest BCUT2D eigenvalue weighted by molar-refractivity contribution is 6.21. The van der Waals surface area contributed by atoms with E-state index in [-0.39, 0.29) is 23.3 Å². The molecule has 2 rings (SSSR count). The van der Waals surface area contributed by atoms with Crippen LogP contribution in [0.3, 0.4) is 0 Å². The predicted octanol–water partition coefficient (Wildman–Crippen LogP) is 3.03. The number of hydrogen-bond acceptors (Lipinski definition) is 1. The molecule has 0 amide bonds. The highest BCUT2D eigenvalue weighted by Crippen LogP contribution is 2.60. The summed E-state index contributed by atoms with van der Waals surface area (Å²) in [7, 11) is 0. The Morgan fingerprint density at radius 1 is 1.33 bits per heavy atom. The second kappa shape index (κ2) is 3.07. The van der Waals surface area contributed by atoms with Crippen LogP contribution in [0.2, 0.25) is 0 Å². The molecule has 1 N–H and O–H groups in total. The summed E-state index contributed by atoms with van der Waals surface area (Å²) in [5.74, 6) is -2.46. The Labute approximate surface area is 94.6 Å².